The molecule has 128 valence electrons. The van der Waals surface area contributed by atoms with Gasteiger partial charge in [-0.15, -0.1) is 0 Å². The molecule has 6 heteroatoms. The third-order valence-corrected chi connectivity index (χ3v) is 5.03. The minimum atomic E-state index is -0.564. The van der Waals surface area contributed by atoms with Gasteiger partial charge in [0.05, 0.1) is 5.56 Å². The van der Waals surface area contributed by atoms with Crippen molar-refractivity contribution < 1.29 is 9.18 Å². The lowest BCUT2D eigenvalue weighted by atomic mass is 9.91. The fourth-order valence-electron chi connectivity index (χ4n) is 3.72. The van der Waals surface area contributed by atoms with Crippen molar-refractivity contribution in [1.82, 2.24) is 20.3 Å². The number of nitrogens with zero attached hydrogens (tertiary/aromatic N) is 3. The molecule has 0 saturated carbocycles. The summed E-state index contributed by atoms with van der Waals surface area (Å²) in [5, 5.41) is 10.3. The van der Waals surface area contributed by atoms with E-state index in [-0.39, 0.29) is 22.9 Å². The Morgan fingerprint density at radius 1 is 1.20 bits per heavy atom. The van der Waals surface area contributed by atoms with Gasteiger partial charge in [-0.2, -0.15) is 15.4 Å². The zero-order valence-corrected chi connectivity index (χ0v) is 14.2. The molecule has 1 saturated heterocycles. The van der Waals surface area contributed by atoms with Gasteiger partial charge in [-0.1, -0.05) is 30.3 Å². The Bertz CT molecular complexity index is 935. The number of halogens is 1. The summed E-state index contributed by atoms with van der Waals surface area (Å²) in [6.07, 6.45) is 0.844. The first-order valence-electron chi connectivity index (χ1n) is 8.33. The van der Waals surface area contributed by atoms with Crippen molar-refractivity contribution in [3.05, 3.63) is 59.4 Å². The molecule has 0 aliphatic carbocycles. The van der Waals surface area contributed by atoms with Crippen molar-refractivity contribution in [2.24, 2.45) is 0 Å². The molecule has 1 atom stereocenters. The summed E-state index contributed by atoms with van der Waals surface area (Å²) in [5.41, 5.74) is 1.81. The topological polar surface area (TPSA) is 61.9 Å². The molecule has 2 heterocycles. The van der Waals surface area contributed by atoms with Gasteiger partial charge in [0.25, 0.3) is 5.91 Å². The maximum atomic E-state index is 14.4. The largest absolute Gasteiger partial charge is 0.333 e. The third-order valence-electron chi connectivity index (χ3n) is 5.03. The van der Waals surface area contributed by atoms with Crippen LogP contribution >= 0.6 is 0 Å². The minimum Gasteiger partial charge on any atom is -0.333 e. The second-order valence-corrected chi connectivity index (χ2v) is 7.18. The number of carbonyl (C=O) groups is 1. The lowest BCUT2D eigenvalue weighted by molar-refractivity contribution is 0.0646. The number of fused-ring (bicyclic) bond motifs is 1. The first-order chi connectivity index (χ1) is 12.0. The molecule has 1 fully saturated rings. The van der Waals surface area contributed by atoms with E-state index in [0.717, 1.165) is 6.42 Å². The van der Waals surface area contributed by atoms with Gasteiger partial charge in [-0.05, 0) is 31.9 Å². The zero-order chi connectivity index (χ0) is 17.6. The summed E-state index contributed by atoms with van der Waals surface area (Å²) in [7, 11) is 0. The van der Waals surface area contributed by atoms with Crippen molar-refractivity contribution in [2.75, 3.05) is 6.54 Å². The smallest absolute Gasteiger partial charge is 0.257 e. The van der Waals surface area contributed by atoms with Crippen molar-refractivity contribution in [3.63, 3.8) is 0 Å². The fraction of sp³-hybridized carbons (Fsp3) is 0.316. The Morgan fingerprint density at radius 3 is 2.60 bits per heavy atom. The second kappa shape index (κ2) is 5.65. The van der Waals surface area contributed by atoms with E-state index in [1.54, 1.807) is 4.90 Å². The second-order valence-electron chi connectivity index (χ2n) is 7.18. The molecule has 1 aromatic heterocycles. The Labute approximate surface area is 144 Å². The highest BCUT2D eigenvalue weighted by Crippen LogP contribution is 2.39. The number of rotatable bonds is 2. The predicted molar refractivity (Wildman–Crippen MR) is 92.8 cm³/mol. The molecule has 5 nitrogen and oxygen atoms in total. The van der Waals surface area contributed by atoms with Crippen LogP contribution in [0.15, 0.2) is 42.5 Å². The van der Waals surface area contributed by atoms with Crippen LogP contribution in [0.25, 0.3) is 11.0 Å². The van der Waals surface area contributed by atoms with Gasteiger partial charge in [0, 0.05) is 24.1 Å². The zero-order valence-electron chi connectivity index (χ0n) is 14.2. The first-order valence-corrected chi connectivity index (χ1v) is 8.33. The Balaban J connectivity index is 1.67. The van der Waals surface area contributed by atoms with Crippen LogP contribution in [0.1, 0.15) is 42.1 Å². The maximum absolute atomic E-state index is 14.4. The number of H-pyrrole nitrogens is 1. The molecule has 1 aliphatic heterocycles. The average Bonchev–Trinajstić information content (AvgIpc) is 3.17. The van der Waals surface area contributed by atoms with Crippen LogP contribution in [0.4, 0.5) is 4.39 Å². The number of nitrogens with one attached hydrogen (secondary N) is 1. The van der Waals surface area contributed by atoms with Gasteiger partial charge >= 0.3 is 0 Å². The van der Waals surface area contributed by atoms with Crippen LogP contribution in [0.3, 0.4) is 0 Å². The van der Waals surface area contributed by atoms with Crippen LogP contribution in [0, 0.1) is 5.82 Å². The van der Waals surface area contributed by atoms with Crippen molar-refractivity contribution >= 4 is 16.9 Å². The van der Waals surface area contributed by atoms with E-state index in [4.69, 9.17) is 0 Å². The number of amides is 1. The lowest BCUT2D eigenvalue weighted by Gasteiger charge is -2.31. The predicted octanol–water partition coefficient (Wildman–Crippen LogP) is 3.51. The summed E-state index contributed by atoms with van der Waals surface area (Å²) in [4.78, 5) is 14.8. The molecular weight excluding hydrogens is 319 g/mol. The number of aromatic amines is 1. The van der Waals surface area contributed by atoms with E-state index in [1.807, 2.05) is 32.0 Å². The van der Waals surface area contributed by atoms with E-state index >= 15 is 0 Å². The number of hydrogen-bond acceptors (Lipinski definition) is 3. The van der Waals surface area contributed by atoms with E-state index < -0.39 is 5.82 Å². The average molecular weight is 338 g/mol. The van der Waals surface area contributed by atoms with E-state index in [1.165, 1.54) is 17.7 Å². The Morgan fingerprint density at radius 2 is 1.88 bits per heavy atom. The van der Waals surface area contributed by atoms with Gasteiger partial charge in [0.15, 0.2) is 0 Å². The molecule has 0 spiro atoms. The summed E-state index contributed by atoms with van der Waals surface area (Å²) >= 11 is 0. The van der Waals surface area contributed by atoms with Gasteiger partial charge in [-0.3, -0.25) is 4.79 Å². The molecule has 2 aromatic carbocycles. The number of benzene rings is 2. The van der Waals surface area contributed by atoms with E-state index in [9.17, 15) is 9.18 Å². The Hall–Kier alpha value is -2.76. The van der Waals surface area contributed by atoms with Crippen LogP contribution < -0.4 is 0 Å². The molecular formula is C19H19FN4O. The fourth-order valence-corrected chi connectivity index (χ4v) is 3.72. The van der Waals surface area contributed by atoms with E-state index in [0.29, 0.717) is 17.6 Å². The van der Waals surface area contributed by atoms with Gasteiger partial charge in [-0.25, -0.2) is 4.39 Å². The van der Waals surface area contributed by atoms with Gasteiger partial charge in [0.1, 0.15) is 16.9 Å². The van der Waals surface area contributed by atoms with Crippen molar-refractivity contribution in [3.8, 4) is 0 Å². The molecule has 25 heavy (non-hydrogen) atoms. The van der Waals surface area contributed by atoms with Crippen LogP contribution in [0.2, 0.25) is 0 Å². The normalized spacial score (nSPS) is 19.5. The minimum absolute atomic E-state index is 0.0446. The molecule has 3 aromatic rings. The summed E-state index contributed by atoms with van der Waals surface area (Å²) < 4.78 is 14.4. The summed E-state index contributed by atoms with van der Waals surface area (Å²) in [6.45, 7) is 4.63. The van der Waals surface area contributed by atoms with Crippen LogP contribution in [-0.2, 0) is 0 Å². The first kappa shape index (κ1) is 15.7. The highest BCUT2D eigenvalue weighted by molar-refractivity contribution is 5.98. The monoisotopic (exact) mass is 338 g/mol. The molecule has 1 amide bonds. The number of hydrogen-bond donors (Lipinski definition) is 1. The number of carbonyl (C=O) groups excluding carboxylic acids is 1. The molecule has 0 bridgehead atoms. The third kappa shape index (κ3) is 2.67. The molecule has 4 rings (SSSR count). The number of aromatic nitrogens is 3. The molecule has 1 unspecified atom stereocenters. The SMILES string of the molecule is CC1(C)CC(c2ccccc2)CN1C(=O)c1cc2n[nH]nc2cc1F. The van der Waals surface area contributed by atoms with Crippen LogP contribution in [0.5, 0.6) is 0 Å². The van der Waals surface area contributed by atoms with Gasteiger partial charge < -0.3 is 4.90 Å². The number of likely N-dealkylation sites (tertiary alicyclic amines) is 1. The summed E-state index contributed by atoms with van der Waals surface area (Å²) in [6, 6.07) is 12.9. The lowest BCUT2D eigenvalue weighted by Crippen LogP contribution is -2.43. The van der Waals surface area contributed by atoms with Crippen molar-refractivity contribution in [1.29, 1.82) is 0 Å². The highest BCUT2D eigenvalue weighted by atomic mass is 19.1. The Kier molecular flexibility index (Phi) is 3.56. The van der Waals surface area contributed by atoms with Crippen molar-refractivity contribution in [2.45, 2.75) is 31.7 Å². The molecule has 1 aliphatic rings. The van der Waals surface area contributed by atoms with Gasteiger partial charge in [0.2, 0.25) is 0 Å². The molecule has 1 N–H and O–H groups in total. The molecule has 0 radical (unpaired) electrons. The van der Waals surface area contributed by atoms with Crippen LogP contribution in [-0.4, -0.2) is 38.3 Å². The maximum Gasteiger partial charge on any atom is 0.257 e. The summed E-state index contributed by atoms with van der Waals surface area (Å²) in [5.74, 6) is -0.616. The quantitative estimate of drug-likeness (QED) is 0.778. The standard InChI is InChI=1S/C19H19FN4O/c1-19(2)10-13(12-6-4-3-5-7-12)11-24(19)18(25)14-8-16-17(9-15(14)20)22-23-21-16/h3-9,13H,10-11H2,1-2H3,(H,21,22,23). The highest BCUT2D eigenvalue weighted by Gasteiger charge is 2.42. The van der Waals surface area contributed by atoms with E-state index in [2.05, 4.69) is 27.5 Å².